The summed E-state index contributed by atoms with van der Waals surface area (Å²) in [4.78, 5) is 0. The standard InChI is InChI=1S/C2H5FNO2P/c3-2(1-5)4-7-6/h2,5H,1H2,(H,4,6). The molecule has 0 amide bonds. The van der Waals surface area contributed by atoms with Crippen molar-refractivity contribution in [3.63, 3.8) is 0 Å². The molecule has 0 aromatic carbocycles. The minimum atomic E-state index is -1.57. The first-order valence-corrected chi connectivity index (χ1v) is 2.45. The van der Waals surface area contributed by atoms with Crippen molar-refractivity contribution in [2.24, 2.45) is 0 Å². The van der Waals surface area contributed by atoms with E-state index in [9.17, 15) is 8.96 Å². The molecule has 0 radical (unpaired) electrons. The Labute approximate surface area is 41.8 Å². The van der Waals surface area contributed by atoms with Gasteiger partial charge in [0.15, 0.2) is 6.30 Å². The van der Waals surface area contributed by atoms with E-state index < -0.39 is 21.5 Å². The second-order valence-corrected chi connectivity index (χ2v) is 1.31. The van der Waals surface area contributed by atoms with Crippen molar-refractivity contribution in [2.45, 2.75) is 6.30 Å². The largest absolute Gasteiger partial charge is 0.392 e. The highest BCUT2D eigenvalue weighted by atomic mass is 31.1. The molecule has 1 atom stereocenters. The molecule has 0 spiro atoms. The van der Waals surface area contributed by atoms with E-state index in [0.717, 1.165) is 0 Å². The van der Waals surface area contributed by atoms with Crippen molar-refractivity contribution in [3.8, 4) is 0 Å². The summed E-state index contributed by atoms with van der Waals surface area (Å²) in [6.07, 6.45) is -1.57. The van der Waals surface area contributed by atoms with Crippen molar-refractivity contribution in [1.82, 2.24) is 5.09 Å². The Hall–Kier alpha value is -0.0500. The van der Waals surface area contributed by atoms with Crippen LogP contribution >= 0.6 is 8.61 Å². The molecule has 0 aromatic heterocycles. The quantitative estimate of drug-likeness (QED) is 0.414. The Bertz CT molecular complexity index is 61.7. The number of hydrogen-bond acceptors (Lipinski definition) is 2. The van der Waals surface area contributed by atoms with Gasteiger partial charge in [0, 0.05) is 0 Å². The van der Waals surface area contributed by atoms with Gasteiger partial charge in [-0.1, -0.05) is 0 Å². The maximum atomic E-state index is 11.6. The van der Waals surface area contributed by atoms with E-state index in [1.54, 1.807) is 5.09 Å². The highest BCUT2D eigenvalue weighted by Crippen LogP contribution is 1.88. The first kappa shape index (κ1) is 6.95. The highest BCUT2D eigenvalue weighted by molar-refractivity contribution is 7.21. The summed E-state index contributed by atoms with van der Waals surface area (Å²) < 4.78 is 21.0. The van der Waals surface area contributed by atoms with Gasteiger partial charge in [0.2, 0.25) is 8.61 Å². The smallest absolute Gasteiger partial charge is 0.248 e. The molecule has 5 heteroatoms. The minimum absolute atomic E-state index is 0.495. The lowest BCUT2D eigenvalue weighted by Gasteiger charge is -1.94. The molecule has 0 heterocycles. The van der Waals surface area contributed by atoms with Gasteiger partial charge in [-0.3, -0.25) is 4.57 Å². The van der Waals surface area contributed by atoms with Gasteiger partial charge in [-0.15, -0.1) is 0 Å². The fraction of sp³-hybridized carbons (Fsp3) is 1.00. The fourth-order valence-corrected chi connectivity index (χ4v) is 0.294. The number of aliphatic hydroxyl groups excluding tert-OH is 1. The van der Waals surface area contributed by atoms with Crippen molar-refractivity contribution in [3.05, 3.63) is 0 Å². The van der Waals surface area contributed by atoms with Crippen LogP contribution in [0.25, 0.3) is 0 Å². The van der Waals surface area contributed by atoms with Crippen LogP contribution in [-0.2, 0) is 4.57 Å². The van der Waals surface area contributed by atoms with Crippen LogP contribution in [0.15, 0.2) is 0 Å². The Balaban J connectivity index is 2.98. The van der Waals surface area contributed by atoms with E-state index in [2.05, 4.69) is 0 Å². The molecular weight excluding hydrogens is 120 g/mol. The van der Waals surface area contributed by atoms with E-state index in [1.807, 2.05) is 0 Å². The van der Waals surface area contributed by atoms with Crippen molar-refractivity contribution >= 4 is 8.61 Å². The summed E-state index contributed by atoms with van der Waals surface area (Å²) >= 11 is 0. The average Bonchev–Trinajstić information content (AvgIpc) is 1.68. The van der Waals surface area contributed by atoms with Gasteiger partial charge in [0.05, 0.1) is 6.61 Å². The van der Waals surface area contributed by atoms with Crippen LogP contribution in [0.3, 0.4) is 0 Å². The Morgan fingerprint density at radius 1 is 2.00 bits per heavy atom. The van der Waals surface area contributed by atoms with E-state index in [4.69, 9.17) is 5.11 Å². The molecule has 0 aromatic rings. The Morgan fingerprint density at radius 2 is 2.57 bits per heavy atom. The van der Waals surface area contributed by atoms with Crippen LogP contribution in [0.2, 0.25) is 0 Å². The zero-order valence-corrected chi connectivity index (χ0v) is 4.36. The van der Waals surface area contributed by atoms with Crippen LogP contribution in [0.1, 0.15) is 0 Å². The van der Waals surface area contributed by atoms with Gasteiger partial charge in [-0.2, -0.15) is 0 Å². The number of aliphatic hydroxyl groups is 1. The summed E-state index contributed by atoms with van der Waals surface area (Å²) in [6, 6.07) is 0. The van der Waals surface area contributed by atoms with Crippen LogP contribution in [0.4, 0.5) is 4.39 Å². The monoisotopic (exact) mass is 125 g/mol. The predicted octanol–water partition coefficient (Wildman–Crippen LogP) is 0.0706. The molecule has 3 nitrogen and oxygen atoms in total. The third kappa shape index (κ3) is 3.79. The van der Waals surface area contributed by atoms with Gasteiger partial charge in [-0.25, -0.2) is 9.48 Å². The van der Waals surface area contributed by atoms with Gasteiger partial charge in [0.1, 0.15) is 0 Å². The topological polar surface area (TPSA) is 49.3 Å². The van der Waals surface area contributed by atoms with E-state index in [0.29, 0.717) is 0 Å². The van der Waals surface area contributed by atoms with Crippen molar-refractivity contribution in [1.29, 1.82) is 0 Å². The predicted molar refractivity (Wildman–Crippen MR) is 22.7 cm³/mol. The normalized spacial score (nSPS) is 14.6. The SMILES string of the molecule is O=PNC(F)CO. The van der Waals surface area contributed by atoms with Gasteiger partial charge in [-0.05, 0) is 0 Å². The van der Waals surface area contributed by atoms with Gasteiger partial charge >= 0.3 is 0 Å². The van der Waals surface area contributed by atoms with E-state index >= 15 is 0 Å². The molecule has 0 aliphatic carbocycles. The zero-order valence-electron chi connectivity index (χ0n) is 3.47. The molecule has 0 aliphatic heterocycles. The first-order valence-electron chi connectivity index (χ1n) is 1.64. The molecule has 0 fully saturated rings. The molecule has 1 unspecified atom stereocenters. The average molecular weight is 125 g/mol. The molecule has 7 heavy (non-hydrogen) atoms. The summed E-state index contributed by atoms with van der Waals surface area (Å²) in [5, 5.41) is 9.68. The Morgan fingerprint density at radius 3 is 2.71 bits per heavy atom. The van der Waals surface area contributed by atoms with Crippen LogP contribution in [0, 0.1) is 0 Å². The van der Waals surface area contributed by atoms with E-state index in [-0.39, 0.29) is 0 Å². The summed E-state index contributed by atoms with van der Waals surface area (Å²) in [6.45, 7) is -0.644. The lowest BCUT2D eigenvalue weighted by Crippen LogP contribution is -2.18. The molecule has 0 saturated heterocycles. The second kappa shape index (κ2) is 4.12. The van der Waals surface area contributed by atoms with Crippen molar-refractivity contribution in [2.75, 3.05) is 6.61 Å². The van der Waals surface area contributed by atoms with Crippen LogP contribution in [-0.4, -0.2) is 18.0 Å². The number of rotatable bonds is 3. The molecule has 0 saturated carbocycles. The number of halogens is 1. The lowest BCUT2D eigenvalue weighted by atomic mass is 10.7. The number of alkyl halides is 1. The van der Waals surface area contributed by atoms with Crippen molar-refractivity contribution < 1.29 is 14.1 Å². The minimum Gasteiger partial charge on any atom is -0.392 e. The van der Waals surface area contributed by atoms with Crippen LogP contribution < -0.4 is 5.09 Å². The highest BCUT2D eigenvalue weighted by Gasteiger charge is 1.98. The third-order valence-corrected chi connectivity index (χ3v) is 0.739. The molecule has 0 rings (SSSR count). The zero-order chi connectivity index (χ0) is 5.70. The molecule has 0 aliphatic rings. The second-order valence-electron chi connectivity index (χ2n) is 0.870. The lowest BCUT2D eigenvalue weighted by molar-refractivity contribution is 0.170. The summed E-state index contributed by atoms with van der Waals surface area (Å²) in [7, 11) is -0.495. The molecule has 0 bridgehead atoms. The summed E-state index contributed by atoms with van der Waals surface area (Å²) in [5.74, 6) is 0. The first-order chi connectivity index (χ1) is 3.31. The van der Waals surface area contributed by atoms with Gasteiger partial charge in [0.25, 0.3) is 0 Å². The number of hydrogen-bond donors (Lipinski definition) is 2. The molecule has 42 valence electrons. The van der Waals surface area contributed by atoms with E-state index in [1.165, 1.54) is 0 Å². The van der Waals surface area contributed by atoms with Crippen LogP contribution in [0.5, 0.6) is 0 Å². The Kier molecular flexibility index (Phi) is 4.09. The summed E-state index contributed by atoms with van der Waals surface area (Å²) in [5.41, 5.74) is 0. The maximum absolute atomic E-state index is 11.6. The molecule has 2 N–H and O–H groups in total. The maximum Gasteiger partial charge on any atom is 0.248 e. The number of nitrogens with one attached hydrogen (secondary N) is 1. The third-order valence-electron chi connectivity index (χ3n) is 0.353. The fourth-order valence-electron chi connectivity index (χ4n) is 0.0980. The van der Waals surface area contributed by atoms with Gasteiger partial charge < -0.3 is 5.11 Å². The molecular formula is C2H5FNO2P.